The van der Waals surface area contributed by atoms with Gasteiger partial charge in [-0.1, -0.05) is 0 Å². The quantitative estimate of drug-likeness (QED) is 0.806. The smallest absolute Gasteiger partial charge is 0.169 e. The van der Waals surface area contributed by atoms with E-state index in [9.17, 15) is 0 Å². The molecule has 0 atom stereocenters. The van der Waals surface area contributed by atoms with Crippen molar-refractivity contribution in [3.63, 3.8) is 0 Å². The number of halogens is 1. The maximum Gasteiger partial charge on any atom is 0.169 e. The molecule has 0 aliphatic heterocycles. The highest BCUT2D eigenvalue weighted by Gasteiger charge is 2.01. The van der Waals surface area contributed by atoms with Gasteiger partial charge < -0.3 is 9.73 Å². The van der Waals surface area contributed by atoms with Crippen LogP contribution >= 0.6 is 15.9 Å². The van der Waals surface area contributed by atoms with Gasteiger partial charge in [-0.15, -0.1) is 0 Å². The molecule has 0 saturated heterocycles. The fourth-order valence-corrected chi connectivity index (χ4v) is 2.03. The van der Waals surface area contributed by atoms with Crippen LogP contribution in [0.4, 0.5) is 0 Å². The molecule has 2 N–H and O–H groups in total. The van der Waals surface area contributed by atoms with Crippen LogP contribution in [0.1, 0.15) is 23.4 Å². The van der Waals surface area contributed by atoms with Crippen molar-refractivity contribution in [2.45, 2.75) is 26.3 Å². The summed E-state index contributed by atoms with van der Waals surface area (Å²) in [5, 5.41) is 10.3. The molecule has 0 radical (unpaired) electrons. The number of furan rings is 1. The Labute approximate surface area is 109 Å². The van der Waals surface area contributed by atoms with E-state index in [1.165, 1.54) is 11.3 Å². The minimum absolute atomic E-state index is 0.774. The summed E-state index contributed by atoms with van der Waals surface area (Å²) >= 11 is 3.28. The van der Waals surface area contributed by atoms with Gasteiger partial charge in [0, 0.05) is 5.69 Å². The summed E-state index contributed by atoms with van der Waals surface area (Å²) in [5.74, 6) is 0.955. The van der Waals surface area contributed by atoms with Gasteiger partial charge >= 0.3 is 0 Å². The molecule has 0 fully saturated rings. The lowest BCUT2D eigenvalue weighted by Crippen LogP contribution is -2.14. The number of rotatable bonds is 6. The molecule has 0 bridgehead atoms. The Morgan fingerprint density at radius 1 is 1.47 bits per heavy atom. The van der Waals surface area contributed by atoms with E-state index in [1.807, 2.05) is 18.3 Å². The molecule has 0 aliphatic carbocycles. The first-order valence-electron chi connectivity index (χ1n) is 5.69. The van der Waals surface area contributed by atoms with Gasteiger partial charge in [-0.3, -0.25) is 5.10 Å². The molecule has 0 unspecified atom stereocenters. The molecule has 2 aromatic rings. The number of H-pyrrole nitrogens is 1. The molecule has 92 valence electrons. The Morgan fingerprint density at radius 2 is 2.35 bits per heavy atom. The standard InChI is InChI=1S/C12H16BrN3O/c1-9-10(7-15-16-9)3-2-6-14-8-11-4-5-12(13)17-11/h4-5,7,14H,2-3,6,8H2,1H3,(H,15,16). The second-order valence-corrected chi connectivity index (χ2v) is 4.79. The third-order valence-electron chi connectivity index (χ3n) is 2.66. The van der Waals surface area contributed by atoms with E-state index in [1.54, 1.807) is 0 Å². The van der Waals surface area contributed by atoms with E-state index in [0.29, 0.717) is 0 Å². The van der Waals surface area contributed by atoms with Crippen LogP contribution in [0.3, 0.4) is 0 Å². The Kier molecular flexibility index (Phi) is 4.39. The van der Waals surface area contributed by atoms with Crippen LogP contribution in [-0.2, 0) is 13.0 Å². The van der Waals surface area contributed by atoms with Crippen molar-refractivity contribution in [2.24, 2.45) is 0 Å². The normalized spacial score (nSPS) is 10.9. The summed E-state index contributed by atoms with van der Waals surface area (Å²) in [6.45, 7) is 3.80. The van der Waals surface area contributed by atoms with E-state index in [4.69, 9.17) is 4.42 Å². The van der Waals surface area contributed by atoms with Crippen molar-refractivity contribution < 1.29 is 4.42 Å². The molecule has 5 heteroatoms. The van der Waals surface area contributed by atoms with Gasteiger partial charge in [-0.2, -0.15) is 5.10 Å². The second kappa shape index (κ2) is 6.02. The summed E-state index contributed by atoms with van der Waals surface area (Å²) < 4.78 is 6.18. The maximum atomic E-state index is 5.39. The summed E-state index contributed by atoms with van der Waals surface area (Å²) in [6.07, 6.45) is 4.05. The molecule has 2 heterocycles. The van der Waals surface area contributed by atoms with Gasteiger partial charge in [0.15, 0.2) is 4.67 Å². The summed E-state index contributed by atoms with van der Waals surface area (Å²) in [4.78, 5) is 0. The second-order valence-electron chi connectivity index (χ2n) is 4.01. The van der Waals surface area contributed by atoms with Crippen molar-refractivity contribution in [2.75, 3.05) is 6.54 Å². The topological polar surface area (TPSA) is 53.9 Å². The van der Waals surface area contributed by atoms with Gasteiger partial charge in [-0.05, 0) is 59.9 Å². The first kappa shape index (κ1) is 12.4. The zero-order valence-corrected chi connectivity index (χ0v) is 11.4. The molecule has 0 spiro atoms. The van der Waals surface area contributed by atoms with E-state index in [0.717, 1.165) is 36.4 Å². The largest absolute Gasteiger partial charge is 0.453 e. The number of nitrogens with zero attached hydrogens (tertiary/aromatic N) is 1. The van der Waals surface area contributed by atoms with E-state index >= 15 is 0 Å². The molecular weight excluding hydrogens is 282 g/mol. The summed E-state index contributed by atoms with van der Waals surface area (Å²) in [5.41, 5.74) is 2.47. The van der Waals surface area contributed by atoms with E-state index in [2.05, 4.69) is 38.4 Å². The lowest BCUT2D eigenvalue weighted by atomic mass is 10.1. The predicted octanol–water partition coefficient (Wildman–Crippen LogP) is 2.80. The summed E-state index contributed by atoms with van der Waals surface area (Å²) in [7, 11) is 0. The van der Waals surface area contributed by atoms with Crippen molar-refractivity contribution in [1.82, 2.24) is 15.5 Å². The first-order chi connectivity index (χ1) is 8.25. The van der Waals surface area contributed by atoms with Crippen LogP contribution < -0.4 is 5.32 Å². The van der Waals surface area contributed by atoms with Gasteiger partial charge in [0.25, 0.3) is 0 Å². The third-order valence-corrected chi connectivity index (χ3v) is 3.09. The zero-order chi connectivity index (χ0) is 12.1. The van der Waals surface area contributed by atoms with Crippen LogP contribution in [0.2, 0.25) is 0 Å². The number of hydrogen-bond donors (Lipinski definition) is 2. The van der Waals surface area contributed by atoms with Crippen LogP contribution in [0.15, 0.2) is 27.4 Å². The Balaban J connectivity index is 1.62. The van der Waals surface area contributed by atoms with E-state index in [-0.39, 0.29) is 0 Å². The maximum absolute atomic E-state index is 5.39. The summed E-state index contributed by atoms with van der Waals surface area (Å²) in [6, 6.07) is 3.88. The number of hydrogen-bond acceptors (Lipinski definition) is 3. The van der Waals surface area contributed by atoms with Crippen LogP contribution in [0.25, 0.3) is 0 Å². The van der Waals surface area contributed by atoms with Gasteiger partial charge in [-0.25, -0.2) is 0 Å². The fourth-order valence-electron chi connectivity index (χ4n) is 1.69. The zero-order valence-electron chi connectivity index (χ0n) is 9.79. The molecule has 2 aromatic heterocycles. The highest BCUT2D eigenvalue weighted by Crippen LogP contribution is 2.13. The SMILES string of the molecule is Cc1[nH]ncc1CCCNCc1ccc(Br)o1. The monoisotopic (exact) mass is 297 g/mol. The average Bonchev–Trinajstić information content (AvgIpc) is 2.88. The lowest BCUT2D eigenvalue weighted by Gasteiger charge is -2.02. The van der Waals surface area contributed by atoms with Crippen molar-refractivity contribution in [3.05, 3.63) is 40.0 Å². The van der Waals surface area contributed by atoms with Crippen molar-refractivity contribution >= 4 is 15.9 Å². The first-order valence-corrected chi connectivity index (χ1v) is 6.49. The molecule has 0 amide bonds. The molecule has 0 aromatic carbocycles. The van der Waals surface area contributed by atoms with Crippen LogP contribution in [-0.4, -0.2) is 16.7 Å². The van der Waals surface area contributed by atoms with Crippen LogP contribution in [0.5, 0.6) is 0 Å². The van der Waals surface area contributed by atoms with Crippen LogP contribution in [0, 0.1) is 6.92 Å². The molecule has 0 saturated carbocycles. The van der Waals surface area contributed by atoms with Crippen molar-refractivity contribution in [1.29, 1.82) is 0 Å². The fraction of sp³-hybridized carbons (Fsp3) is 0.417. The lowest BCUT2D eigenvalue weighted by molar-refractivity contribution is 0.464. The molecule has 0 aliphatic rings. The molecule has 2 rings (SSSR count). The molecular formula is C12H16BrN3O. The molecule has 4 nitrogen and oxygen atoms in total. The Bertz CT molecular complexity index is 464. The van der Waals surface area contributed by atoms with Gasteiger partial charge in [0.2, 0.25) is 0 Å². The Hall–Kier alpha value is -1.07. The highest BCUT2D eigenvalue weighted by molar-refractivity contribution is 9.10. The third kappa shape index (κ3) is 3.71. The Morgan fingerprint density at radius 3 is 3.00 bits per heavy atom. The minimum atomic E-state index is 0.774. The predicted molar refractivity (Wildman–Crippen MR) is 69.8 cm³/mol. The highest BCUT2D eigenvalue weighted by atomic mass is 79.9. The minimum Gasteiger partial charge on any atom is -0.453 e. The van der Waals surface area contributed by atoms with Crippen molar-refractivity contribution in [3.8, 4) is 0 Å². The number of aromatic nitrogens is 2. The van der Waals surface area contributed by atoms with Gasteiger partial charge in [0.1, 0.15) is 5.76 Å². The number of aryl methyl sites for hydroxylation is 2. The number of aromatic amines is 1. The average molecular weight is 298 g/mol. The molecule has 17 heavy (non-hydrogen) atoms. The number of nitrogens with one attached hydrogen (secondary N) is 2. The van der Waals surface area contributed by atoms with Gasteiger partial charge in [0.05, 0.1) is 12.7 Å². The van der Waals surface area contributed by atoms with E-state index < -0.39 is 0 Å².